The van der Waals surface area contributed by atoms with Crippen molar-refractivity contribution in [3.8, 4) is 0 Å². The monoisotopic (exact) mass is 610 g/mol. The van der Waals surface area contributed by atoms with Gasteiger partial charge in [-0.25, -0.2) is 13.4 Å². The van der Waals surface area contributed by atoms with E-state index in [1.54, 1.807) is 5.38 Å². The van der Waals surface area contributed by atoms with Gasteiger partial charge in [-0.1, -0.05) is 19.1 Å². The summed E-state index contributed by atoms with van der Waals surface area (Å²) < 4.78 is 103. The van der Waals surface area contributed by atoms with Crippen LogP contribution in [-0.2, 0) is 31.4 Å². The first-order chi connectivity index (χ1) is 18.5. The molecule has 0 fully saturated rings. The van der Waals surface area contributed by atoms with Crippen LogP contribution >= 0.6 is 11.3 Å². The summed E-state index contributed by atoms with van der Waals surface area (Å²) in [4.78, 5) is 33.4. The minimum absolute atomic E-state index is 0.111. The fourth-order valence-corrected chi connectivity index (χ4v) is 4.81. The Bertz CT molecular complexity index is 1430. The molecule has 2 heterocycles. The van der Waals surface area contributed by atoms with E-state index in [9.17, 15) is 49.5 Å². The zero-order valence-electron chi connectivity index (χ0n) is 20.2. The van der Waals surface area contributed by atoms with Crippen molar-refractivity contribution in [3.05, 3.63) is 70.4 Å². The maximum Gasteiger partial charge on any atom is 0.430 e. The van der Waals surface area contributed by atoms with Crippen molar-refractivity contribution in [2.75, 3.05) is 11.1 Å². The summed E-state index contributed by atoms with van der Waals surface area (Å²) in [7, 11) is -3.64. The molecular weight excluding hydrogens is 590 g/mol. The normalized spacial score (nSPS) is 13.5. The molecular formula is C23H20F6N4O5S2. The van der Waals surface area contributed by atoms with E-state index in [2.05, 4.69) is 20.6 Å². The summed E-state index contributed by atoms with van der Waals surface area (Å²) in [6, 6.07) is 2.88. The molecule has 0 radical (unpaired) electrons. The quantitative estimate of drug-likeness (QED) is 0.314. The molecule has 0 spiro atoms. The smallest absolute Gasteiger partial charge is 0.369 e. The number of hydrogen-bond acceptors (Lipinski definition) is 8. The Morgan fingerprint density at radius 2 is 1.62 bits per heavy atom. The van der Waals surface area contributed by atoms with Crippen LogP contribution < -0.4 is 10.6 Å². The van der Waals surface area contributed by atoms with E-state index in [1.165, 1.54) is 25.3 Å². The Kier molecular flexibility index (Phi) is 8.90. The van der Waals surface area contributed by atoms with Gasteiger partial charge in [0.1, 0.15) is 5.01 Å². The van der Waals surface area contributed by atoms with Crippen molar-refractivity contribution in [2.24, 2.45) is 0 Å². The number of hydrogen-bond donors (Lipinski definition) is 3. The van der Waals surface area contributed by atoms with Gasteiger partial charge in [-0.05, 0) is 24.3 Å². The van der Waals surface area contributed by atoms with Crippen LogP contribution in [0.5, 0.6) is 0 Å². The van der Waals surface area contributed by atoms with E-state index in [0.717, 1.165) is 17.5 Å². The Morgan fingerprint density at radius 1 is 1.00 bits per heavy atom. The molecule has 0 aliphatic heterocycles. The van der Waals surface area contributed by atoms with E-state index in [1.807, 2.05) is 0 Å². The second kappa shape index (κ2) is 11.5. The number of amides is 2. The summed E-state index contributed by atoms with van der Waals surface area (Å²) in [5.41, 5.74) is -7.07. The summed E-state index contributed by atoms with van der Waals surface area (Å²) in [5.74, 6) is -1.91. The molecule has 17 heteroatoms. The van der Waals surface area contributed by atoms with Gasteiger partial charge in [-0.2, -0.15) is 26.3 Å². The number of halogens is 6. The van der Waals surface area contributed by atoms with E-state index in [0.29, 0.717) is 29.3 Å². The lowest BCUT2D eigenvalue weighted by atomic mass is 9.92. The molecule has 3 N–H and O–H groups in total. The zero-order valence-corrected chi connectivity index (χ0v) is 21.9. The number of alkyl halides is 6. The number of aliphatic hydroxyl groups is 1. The summed E-state index contributed by atoms with van der Waals surface area (Å²) in [5, 5.41) is 16.2. The van der Waals surface area contributed by atoms with E-state index in [-0.39, 0.29) is 28.5 Å². The van der Waals surface area contributed by atoms with E-state index >= 15 is 0 Å². The van der Waals surface area contributed by atoms with Crippen molar-refractivity contribution in [1.82, 2.24) is 15.3 Å². The van der Waals surface area contributed by atoms with Gasteiger partial charge < -0.3 is 15.7 Å². The lowest BCUT2D eigenvalue weighted by Gasteiger charge is -2.32. The number of aromatic nitrogens is 2. The molecule has 2 amide bonds. The molecule has 1 aromatic carbocycles. The number of nitrogens with zero attached hydrogens (tertiary/aromatic N) is 2. The molecule has 9 nitrogen and oxygen atoms in total. The van der Waals surface area contributed by atoms with E-state index in [4.69, 9.17) is 0 Å². The number of benzene rings is 1. The number of sulfone groups is 1. The number of rotatable bonds is 9. The predicted molar refractivity (Wildman–Crippen MR) is 130 cm³/mol. The van der Waals surface area contributed by atoms with Gasteiger partial charge in [0.05, 0.1) is 22.8 Å². The van der Waals surface area contributed by atoms with Crippen LogP contribution in [0.3, 0.4) is 0 Å². The molecule has 0 aliphatic carbocycles. The van der Waals surface area contributed by atoms with Crippen LogP contribution in [0, 0.1) is 0 Å². The summed E-state index contributed by atoms with van der Waals surface area (Å²) >= 11 is 1.16. The number of thiazole rings is 1. The highest BCUT2D eigenvalue weighted by molar-refractivity contribution is 7.91. The molecule has 216 valence electrons. The van der Waals surface area contributed by atoms with Gasteiger partial charge in [-0.3, -0.25) is 14.6 Å². The van der Waals surface area contributed by atoms with E-state index < -0.39 is 51.2 Å². The fourth-order valence-electron chi connectivity index (χ4n) is 3.37. The first-order valence-electron chi connectivity index (χ1n) is 11.1. The molecule has 2 aromatic heterocycles. The lowest BCUT2D eigenvalue weighted by Crippen LogP contribution is -2.53. The maximum atomic E-state index is 13.1. The second-order valence-electron chi connectivity index (χ2n) is 8.20. The topological polar surface area (TPSA) is 138 Å². The van der Waals surface area contributed by atoms with Crippen molar-refractivity contribution in [1.29, 1.82) is 0 Å². The number of nitrogens with one attached hydrogen (secondary N) is 2. The van der Waals surface area contributed by atoms with Crippen molar-refractivity contribution < 1.29 is 49.5 Å². The van der Waals surface area contributed by atoms with Gasteiger partial charge in [0.15, 0.2) is 15.9 Å². The Labute approximate surface area is 227 Å². The number of pyridine rings is 1. The van der Waals surface area contributed by atoms with Gasteiger partial charge in [-0.15, -0.1) is 11.3 Å². The maximum absolute atomic E-state index is 13.1. The van der Waals surface area contributed by atoms with Crippen molar-refractivity contribution >= 4 is 38.7 Å². The van der Waals surface area contributed by atoms with Crippen LogP contribution in [0.2, 0.25) is 0 Å². The molecule has 0 bridgehead atoms. The third kappa shape index (κ3) is 6.59. The van der Waals surface area contributed by atoms with Crippen molar-refractivity contribution in [2.45, 2.75) is 42.2 Å². The molecule has 1 atom stereocenters. The van der Waals surface area contributed by atoms with Gasteiger partial charge in [0.2, 0.25) is 5.91 Å². The molecule has 40 heavy (non-hydrogen) atoms. The van der Waals surface area contributed by atoms with Crippen LogP contribution in [0.15, 0.2) is 59.1 Å². The standard InChI is InChI=1S/C23H20F6N4O5S2/c1-2-40(37,38)15-7-8-16(31-12-15)19(33-17(34)11-18-30-9-10-39-18)20(35)32-14-5-3-13(4-6-14)21(36,22(24,25)26)23(27,28)29/h3-10,12,19,36H,2,11H2,1H3,(H,32,35)(H,33,34). The number of anilines is 1. The Hall–Kier alpha value is -3.57. The summed E-state index contributed by atoms with van der Waals surface area (Å²) in [6.07, 6.45) is -9.98. The molecule has 0 aliphatic rings. The fraction of sp³-hybridized carbons (Fsp3) is 0.304. The second-order valence-corrected chi connectivity index (χ2v) is 11.5. The van der Waals surface area contributed by atoms with Gasteiger partial charge in [0.25, 0.3) is 11.5 Å². The van der Waals surface area contributed by atoms with Gasteiger partial charge >= 0.3 is 12.4 Å². The third-order valence-electron chi connectivity index (χ3n) is 5.55. The highest BCUT2D eigenvalue weighted by Crippen LogP contribution is 2.50. The zero-order chi connectivity index (χ0) is 29.9. The minimum atomic E-state index is -6.09. The first-order valence-corrected chi connectivity index (χ1v) is 13.7. The summed E-state index contributed by atoms with van der Waals surface area (Å²) in [6.45, 7) is 1.41. The SMILES string of the molecule is CCS(=O)(=O)c1ccc(C(NC(=O)Cc2nccs2)C(=O)Nc2ccc(C(O)(C(F)(F)F)C(F)(F)F)cc2)nc1. The van der Waals surface area contributed by atoms with Gasteiger partial charge in [0, 0.05) is 29.0 Å². The minimum Gasteiger partial charge on any atom is -0.369 e. The third-order valence-corrected chi connectivity index (χ3v) is 8.05. The van der Waals surface area contributed by atoms with Crippen LogP contribution in [0.4, 0.5) is 32.0 Å². The molecule has 3 rings (SSSR count). The largest absolute Gasteiger partial charge is 0.430 e. The predicted octanol–water partition coefficient (Wildman–Crippen LogP) is 3.68. The lowest BCUT2D eigenvalue weighted by molar-refractivity contribution is -0.376. The van der Waals surface area contributed by atoms with Crippen LogP contribution in [-0.4, -0.2) is 53.4 Å². The Morgan fingerprint density at radius 3 is 2.10 bits per heavy atom. The first kappa shape index (κ1) is 31.0. The van der Waals surface area contributed by atoms with Crippen LogP contribution in [0.1, 0.15) is 29.2 Å². The molecule has 1 unspecified atom stereocenters. The average Bonchev–Trinajstić information content (AvgIpc) is 3.39. The molecule has 0 saturated heterocycles. The van der Waals surface area contributed by atoms with Crippen molar-refractivity contribution in [3.63, 3.8) is 0 Å². The number of carbonyl (C=O) groups excluding carboxylic acids is 2. The average molecular weight is 611 g/mol. The molecule has 3 aromatic rings. The highest BCUT2D eigenvalue weighted by atomic mass is 32.2. The molecule has 0 saturated carbocycles. The Balaban J connectivity index is 1.89. The highest BCUT2D eigenvalue weighted by Gasteiger charge is 2.71. The van der Waals surface area contributed by atoms with Crippen LogP contribution in [0.25, 0.3) is 0 Å². The number of carbonyl (C=O) groups is 2.